The van der Waals surface area contributed by atoms with E-state index in [-0.39, 0.29) is 22.1 Å². The summed E-state index contributed by atoms with van der Waals surface area (Å²) in [5.41, 5.74) is 0.386. The highest BCUT2D eigenvalue weighted by Crippen LogP contribution is 2.35. The number of anilines is 1. The Balaban J connectivity index is 2.38. The Hall–Kier alpha value is -0.580. The molecule has 1 aliphatic heterocycles. The molecule has 2 rings (SSSR count). The molecule has 0 N–H and O–H groups in total. The predicted octanol–water partition coefficient (Wildman–Crippen LogP) is 2.68. The van der Waals surface area contributed by atoms with E-state index in [4.69, 9.17) is 34.8 Å². The number of aryl methyl sites for hydroxylation is 1. The first-order chi connectivity index (χ1) is 8.02. The first kappa shape index (κ1) is 12.9. The fourth-order valence-electron chi connectivity index (χ4n) is 1.82. The third-order valence-corrected chi connectivity index (χ3v) is 3.57. The SMILES string of the molecule is Cc1nc(Cl)c(N2CC(CCl)CC2=O)c(Cl)n1. The van der Waals surface area contributed by atoms with Crippen LogP contribution < -0.4 is 4.90 Å². The monoisotopic (exact) mass is 293 g/mol. The molecular weight excluding hydrogens is 284 g/mol. The van der Waals surface area contributed by atoms with Crippen LogP contribution in [0.2, 0.25) is 10.3 Å². The molecule has 1 amide bonds. The minimum Gasteiger partial charge on any atom is -0.307 e. The maximum atomic E-state index is 11.8. The number of carbonyl (C=O) groups excluding carboxylic acids is 1. The standard InChI is InChI=1S/C10H10Cl3N3O/c1-5-14-9(12)8(10(13)15-5)16-4-6(3-11)2-7(16)17/h6H,2-4H2,1H3. The van der Waals surface area contributed by atoms with Crippen molar-refractivity contribution in [3.05, 3.63) is 16.1 Å². The first-order valence-corrected chi connectivity index (χ1v) is 6.38. The minimum atomic E-state index is -0.0492. The van der Waals surface area contributed by atoms with Crippen molar-refractivity contribution >= 4 is 46.4 Å². The Morgan fingerprint density at radius 3 is 2.41 bits per heavy atom. The molecule has 0 saturated carbocycles. The van der Waals surface area contributed by atoms with Gasteiger partial charge in [0.1, 0.15) is 11.5 Å². The van der Waals surface area contributed by atoms with E-state index in [1.54, 1.807) is 6.92 Å². The van der Waals surface area contributed by atoms with E-state index in [0.29, 0.717) is 30.4 Å². The van der Waals surface area contributed by atoms with Crippen molar-refractivity contribution in [3.63, 3.8) is 0 Å². The van der Waals surface area contributed by atoms with Gasteiger partial charge in [0.2, 0.25) is 5.91 Å². The summed E-state index contributed by atoms with van der Waals surface area (Å²) < 4.78 is 0. The van der Waals surface area contributed by atoms with E-state index >= 15 is 0 Å². The Bertz CT molecular complexity index is 443. The lowest BCUT2D eigenvalue weighted by atomic mass is 10.1. The van der Waals surface area contributed by atoms with Crippen LogP contribution in [0.1, 0.15) is 12.2 Å². The van der Waals surface area contributed by atoms with Crippen molar-refractivity contribution in [2.75, 3.05) is 17.3 Å². The van der Waals surface area contributed by atoms with Crippen molar-refractivity contribution in [2.45, 2.75) is 13.3 Å². The molecule has 1 aromatic heterocycles. The van der Waals surface area contributed by atoms with Crippen molar-refractivity contribution in [1.82, 2.24) is 9.97 Å². The molecule has 2 heterocycles. The summed E-state index contributed by atoms with van der Waals surface area (Å²) in [6.45, 7) is 2.20. The largest absolute Gasteiger partial charge is 0.307 e. The molecule has 4 nitrogen and oxygen atoms in total. The topological polar surface area (TPSA) is 46.1 Å². The van der Waals surface area contributed by atoms with Gasteiger partial charge in [-0.3, -0.25) is 4.79 Å². The van der Waals surface area contributed by atoms with E-state index in [0.717, 1.165) is 0 Å². The summed E-state index contributed by atoms with van der Waals surface area (Å²) in [7, 11) is 0. The lowest BCUT2D eigenvalue weighted by Gasteiger charge is -2.18. The highest BCUT2D eigenvalue weighted by Gasteiger charge is 2.33. The second kappa shape index (κ2) is 4.96. The number of alkyl halides is 1. The van der Waals surface area contributed by atoms with Crippen molar-refractivity contribution in [1.29, 1.82) is 0 Å². The Morgan fingerprint density at radius 2 is 1.94 bits per heavy atom. The minimum absolute atomic E-state index is 0.0492. The number of amides is 1. The zero-order chi connectivity index (χ0) is 12.6. The lowest BCUT2D eigenvalue weighted by molar-refractivity contribution is -0.117. The van der Waals surface area contributed by atoms with Crippen LogP contribution in [0.15, 0.2) is 0 Å². The number of aromatic nitrogens is 2. The number of carbonyl (C=O) groups is 1. The van der Waals surface area contributed by atoms with Crippen LogP contribution in [0.5, 0.6) is 0 Å². The average Bonchev–Trinajstić information content (AvgIpc) is 2.59. The quantitative estimate of drug-likeness (QED) is 0.622. The van der Waals surface area contributed by atoms with Gasteiger partial charge < -0.3 is 4.90 Å². The first-order valence-electron chi connectivity index (χ1n) is 5.09. The molecule has 1 aliphatic rings. The maximum absolute atomic E-state index is 11.8. The molecule has 1 fully saturated rings. The summed E-state index contributed by atoms with van der Waals surface area (Å²) in [4.78, 5) is 21.4. The van der Waals surface area contributed by atoms with Gasteiger partial charge >= 0.3 is 0 Å². The van der Waals surface area contributed by atoms with Crippen LogP contribution >= 0.6 is 34.8 Å². The highest BCUT2D eigenvalue weighted by molar-refractivity contribution is 6.38. The van der Waals surface area contributed by atoms with E-state index < -0.39 is 0 Å². The smallest absolute Gasteiger partial charge is 0.227 e. The van der Waals surface area contributed by atoms with Crippen LogP contribution in [0, 0.1) is 12.8 Å². The average molecular weight is 295 g/mol. The lowest BCUT2D eigenvalue weighted by Crippen LogP contribution is -2.26. The maximum Gasteiger partial charge on any atom is 0.227 e. The Morgan fingerprint density at radius 1 is 1.35 bits per heavy atom. The van der Waals surface area contributed by atoms with E-state index in [9.17, 15) is 4.79 Å². The second-order valence-corrected chi connectivity index (χ2v) is 4.95. The van der Waals surface area contributed by atoms with E-state index in [1.807, 2.05) is 0 Å². The van der Waals surface area contributed by atoms with Crippen molar-refractivity contribution in [2.24, 2.45) is 5.92 Å². The van der Waals surface area contributed by atoms with Crippen molar-refractivity contribution < 1.29 is 4.79 Å². The molecule has 0 radical (unpaired) electrons. The summed E-state index contributed by atoms with van der Waals surface area (Å²) >= 11 is 17.8. The van der Waals surface area contributed by atoms with Gasteiger partial charge in [0.25, 0.3) is 0 Å². The van der Waals surface area contributed by atoms with Gasteiger partial charge in [-0.2, -0.15) is 0 Å². The molecule has 1 saturated heterocycles. The van der Waals surface area contributed by atoms with Crippen LogP contribution in [0.3, 0.4) is 0 Å². The predicted molar refractivity (Wildman–Crippen MR) is 68.0 cm³/mol. The molecule has 0 bridgehead atoms. The van der Waals surface area contributed by atoms with Gasteiger partial charge in [-0.15, -0.1) is 11.6 Å². The number of halogens is 3. The van der Waals surface area contributed by atoms with E-state index in [1.165, 1.54) is 4.90 Å². The molecule has 0 aromatic carbocycles. The molecule has 1 unspecified atom stereocenters. The van der Waals surface area contributed by atoms with E-state index in [2.05, 4.69) is 9.97 Å². The normalized spacial score (nSPS) is 20.1. The molecule has 0 aliphatic carbocycles. The third kappa shape index (κ3) is 2.49. The molecule has 0 spiro atoms. The van der Waals surface area contributed by atoms with Gasteiger partial charge in [-0.05, 0) is 12.8 Å². The molecule has 1 aromatic rings. The zero-order valence-corrected chi connectivity index (χ0v) is 11.4. The number of rotatable bonds is 2. The molecule has 7 heteroatoms. The molecule has 17 heavy (non-hydrogen) atoms. The van der Waals surface area contributed by atoms with Crippen LogP contribution in [0.25, 0.3) is 0 Å². The summed E-state index contributed by atoms with van der Waals surface area (Å²) in [6.07, 6.45) is 0.407. The van der Waals surface area contributed by atoms with Crippen LogP contribution in [-0.2, 0) is 4.79 Å². The van der Waals surface area contributed by atoms with Gasteiger partial charge in [0.05, 0.1) is 0 Å². The second-order valence-electron chi connectivity index (χ2n) is 3.93. The summed E-state index contributed by atoms with van der Waals surface area (Å²) in [5, 5.41) is 0.400. The third-order valence-electron chi connectivity index (χ3n) is 2.60. The number of hydrogen-bond donors (Lipinski definition) is 0. The Labute approximate surface area is 114 Å². The summed E-state index contributed by atoms with van der Waals surface area (Å²) in [5.74, 6) is 0.985. The molecule has 92 valence electrons. The number of hydrogen-bond acceptors (Lipinski definition) is 3. The summed E-state index contributed by atoms with van der Waals surface area (Å²) in [6, 6.07) is 0. The zero-order valence-electron chi connectivity index (χ0n) is 9.08. The molecular formula is C10H10Cl3N3O. The fourth-order valence-corrected chi connectivity index (χ4v) is 2.71. The Kier molecular flexibility index (Phi) is 3.76. The van der Waals surface area contributed by atoms with Gasteiger partial charge in [0, 0.05) is 18.8 Å². The van der Waals surface area contributed by atoms with Gasteiger partial charge in [-0.1, -0.05) is 23.2 Å². The van der Waals surface area contributed by atoms with Crippen LogP contribution in [0.4, 0.5) is 5.69 Å². The fraction of sp³-hybridized carbons (Fsp3) is 0.500. The van der Waals surface area contributed by atoms with Gasteiger partial charge in [0.15, 0.2) is 10.3 Å². The van der Waals surface area contributed by atoms with Gasteiger partial charge in [-0.25, -0.2) is 9.97 Å². The van der Waals surface area contributed by atoms with Crippen LogP contribution in [-0.4, -0.2) is 28.3 Å². The molecule has 1 atom stereocenters. The number of nitrogens with zero attached hydrogens (tertiary/aromatic N) is 3. The van der Waals surface area contributed by atoms with Crippen molar-refractivity contribution in [3.8, 4) is 0 Å². The highest BCUT2D eigenvalue weighted by atomic mass is 35.5.